The molecule has 2 fully saturated rings. The number of anilines is 1. The molecule has 1 aromatic carbocycles. The van der Waals surface area contributed by atoms with Crippen molar-refractivity contribution in [2.45, 2.75) is 51.1 Å². The second-order valence-electron chi connectivity index (χ2n) is 9.85. The van der Waals surface area contributed by atoms with Crippen LogP contribution in [0.2, 0.25) is 10.2 Å². The minimum atomic E-state index is -0.232. The molecular weight excluding hydrogens is 549 g/mol. The molecule has 1 N–H and O–H groups in total. The first-order valence-electron chi connectivity index (χ1n) is 12.9. The van der Waals surface area contributed by atoms with Crippen molar-refractivity contribution in [2.24, 2.45) is 0 Å². The van der Waals surface area contributed by atoms with E-state index >= 15 is 0 Å². The van der Waals surface area contributed by atoms with Crippen LogP contribution in [0.5, 0.6) is 5.75 Å². The molecule has 3 aliphatic rings. The number of thiazole rings is 1. The van der Waals surface area contributed by atoms with E-state index in [9.17, 15) is 4.79 Å². The molecule has 2 aromatic heterocycles. The Balaban J connectivity index is 1.21. The van der Waals surface area contributed by atoms with Crippen LogP contribution in [0.3, 0.4) is 0 Å². The maximum atomic E-state index is 13.3. The van der Waals surface area contributed by atoms with E-state index in [0.717, 1.165) is 35.2 Å². The second-order valence-corrected chi connectivity index (χ2v) is 11.7. The SMILES string of the molecule is O=C1N[C@H]2CN(Cc3sc(N4CCCC4)nc3Cl)C[C@@H]2OCc2cn(nn2)CCCOc2cc1ccc2Cl. The zero-order chi connectivity index (χ0) is 26.1. The highest BCUT2D eigenvalue weighted by Crippen LogP contribution is 2.33. The lowest BCUT2D eigenvalue weighted by molar-refractivity contribution is 0.0294. The average Bonchev–Trinajstić information content (AvgIpc) is 3.70. The van der Waals surface area contributed by atoms with Gasteiger partial charge in [0.15, 0.2) is 5.13 Å². The molecule has 2 atom stereocenters. The summed E-state index contributed by atoms with van der Waals surface area (Å²) in [5.41, 5.74) is 1.24. The van der Waals surface area contributed by atoms with Crippen molar-refractivity contribution in [1.82, 2.24) is 30.2 Å². The van der Waals surface area contributed by atoms with Crippen molar-refractivity contribution in [2.75, 3.05) is 37.7 Å². The van der Waals surface area contributed by atoms with Gasteiger partial charge in [0, 0.05) is 51.3 Å². The van der Waals surface area contributed by atoms with Gasteiger partial charge in [0.05, 0.1) is 41.5 Å². The first-order valence-corrected chi connectivity index (χ1v) is 14.5. The van der Waals surface area contributed by atoms with Gasteiger partial charge in [-0.05, 0) is 31.0 Å². The van der Waals surface area contributed by atoms with Crippen LogP contribution >= 0.6 is 34.5 Å². The van der Waals surface area contributed by atoms with Crippen LogP contribution in [0.4, 0.5) is 5.13 Å². The first-order chi connectivity index (χ1) is 18.5. The van der Waals surface area contributed by atoms with E-state index in [2.05, 4.69) is 30.4 Å². The Kier molecular flexibility index (Phi) is 7.71. The van der Waals surface area contributed by atoms with Crippen LogP contribution < -0.4 is 15.0 Å². The van der Waals surface area contributed by atoms with Gasteiger partial charge in [-0.25, -0.2) is 4.98 Å². The van der Waals surface area contributed by atoms with E-state index in [-0.39, 0.29) is 18.1 Å². The number of nitrogens with zero attached hydrogens (tertiary/aromatic N) is 6. The Labute approximate surface area is 234 Å². The van der Waals surface area contributed by atoms with Gasteiger partial charge in [-0.2, -0.15) is 0 Å². The van der Waals surface area contributed by atoms with Gasteiger partial charge in [0.25, 0.3) is 5.91 Å². The molecule has 1 amide bonds. The molecule has 202 valence electrons. The van der Waals surface area contributed by atoms with Crippen LogP contribution in [-0.4, -0.2) is 75.7 Å². The zero-order valence-electron chi connectivity index (χ0n) is 20.8. The predicted molar refractivity (Wildman–Crippen MR) is 145 cm³/mol. The van der Waals surface area contributed by atoms with E-state index in [1.807, 2.05) is 6.20 Å². The third kappa shape index (κ3) is 5.76. The molecule has 0 spiro atoms. The smallest absolute Gasteiger partial charge is 0.251 e. The number of nitrogens with one attached hydrogen (secondary N) is 1. The van der Waals surface area contributed by atoms with Crippen molar-refractivity contribution in [3.8, 4) is 5.75 Å². The molecule has 2 saturated heterocycles. The molecule has 0 radical (unpaired) electrons. The highest BCUT2D eigenvalue weighted by Gasteiger charge is 2.36. The van der Waals surface area contributed by atoms with Crippen LogP contribution in [0, 0.1) is 0 Å². The summed E-state index contributed by atoms with van der Waals surface area (Å²) in [5, 5.41) is 13.6. The number of likely N-dealkylation sites (tertiary alicyclic amines) is 1. The number of carbonyl (C=O) groups excluding carboxylic acids is 1. The van der Waals surface area contributed by atoms with E-state index in [0.29, 0.717) is 60.9 Å². The predicted octanol–water partition coefficient (Wildman–Crippen LogP) is 3.62. The number of benzene rings is 1. The normalized spacial score (nSPS) is 22.8. The van der Waals surface area contributed by atoms with Crippen LogP contribution in [0.1, 0.15) is 40.2 Å². The third-order valence-corrected chi connectivity index (χ3v) is 8.89. The van der Waals surface area contributed by atoms with E-state index < -0.39 is 0 Å². The monoisotopic (exact) mass is 577 g/mol. The van der Waals surface area contributed by atoms with Gasteiger partial charge in [-0.1, -0.05) is 39.8 Å². The van der Waals surface area contributed by atoms with Crippen LogP contribution in [0.25, 0.3) is 0 Å². The third-order valence-electron chi connectivity index (χ3n) is 7.05. The number of carbonyl (C=O) groups is 1. The molecule has 5 heterocycles. The fraction of sp³-hybridized carbons (Fsp3) is 0.520. The van der Waals surface area contributed by atoms with E-state index in [1.54, 1.807) is 34.2 Å². The molecule has 3 aromatic rings. The lowest BCUT2D eigenvalue weighted by atomic mass is 10.1. The maximum absolute atomic E-state index is 13.3. The summed E-state index contributed by atoms with van der Waals surface area (Å²) < 4.78 is 14.0. The number of hydrogen-bond donors (Lipinski definition) is 1. The standard InChI is InChI=1S/C25H29Cl2N7O3S/c26-18-5-4-16-10-20(18)36-9-3-8-34-11-17(30-31-34)15-37-21-13-32(12-19(21)28-24(16)35)14-22-23(27)29-25(38-22)33-6-1-2-7-33/h4-5,10-11,19,21H,1-3,6-9,12-15H2,(H,28,35)/t19-,21-/m0/s1. The van der Waals surface area contributed by atoms with Crippen molar-refractivity contribution in [1.29, 1.82) is 0 Å². The minimum absolute atomic E-state index is 0.197. The van der Waals surface area contributed by atoms with Gasteiger partial charge in [0.1, 0.15) is 16.6 Å². The maximum Gasteiger partial charge on any atom is 0.251 e. The highest BCUT2D eigenvalue weighted by atomic mass is 35.5. The number of ether oxygens (including phenoxy) is 2. The van der Waals surface area contributed by atoms with Gasteiger partial charge in [-0.3, -0.25) is 14.4 Å². The van der Waals surface area contributed by atoms with Gasteiger partial charge >= 0.3 is 0 Å². The number of halogens is 2. The fourth-order valence-electron chi connectivity index (χ4n) is 5.08. The number of hydrogen-bond acceptors (Lipinski definition) is 9. The molecule has 0 saturated carbocycles. The summed E-state index contributed by atoms with van der Waals surface area (Å²) in [7, 11) is 0. The summed E-state index contributed by atoms with van der Waals surface area (Å²) in [6.07, 6.45) is 4.75. The molecule has 0 unspecified atom stereocenters. The second kappa shape index (κ2) is 11.4. The number of fused-ring (bicyclic) bond motifs is 5. The van der Waals surface area contributed by atoms with Crippen LogP contribution in [0.15, 0.2) is 24.4 Å². The molecule has 6 rings (SSSR count). The Hall–Kier alpha value is -2.44. The topological polar surface area (TPSA) is 97.6 Å². The van der Waals surface area contributed by atoms with Crippen molar-refractivity contribution in [3.05, 3.63) is 50.7 Å². The number of rotatable bonds is 3. The molecule has 3 aliphatic heterocycles. The lowest BCUT2D eigenvalue weighted by Gasteiger charge is -2.20. The highest BCUT2D eigenvalue weighted by molar-refractivity contribution is 7.16. The molecule has 10 nitrogen and oxygen atoms in total. The average molecular weight is 579 g/mol. The summed E-state index contributed by atoms with van der Waals surface area (Å²) in [4.78, 5) is 23.5. The first kappa shape index (κ1) is 25.8. The Morgan fingerprint density at radius 1 is 1.13 bits per heavy atom. The largest absolute Gasteiger partial charge is 0.492 e. The quantitative estimate of drug-likeness (QED) is 0.504. The van der Waals surface area contributed by atoms with Crippen molar-refractivity contribution < 1.29 is 14.3 Å². The molecule has 4 bridgehead atoms. The van der Waals surface area contributed by atoms with Gasteiger partial charge < -0.3 is 19.7 Å². The van der Waals surface area contributed by atoms with Crippen molar-refractivity contribution in [3.63, 3.8) is 0 Å². The fourth-order valence-corrected chi connectivity index (χ4v) is 6.60. The van der Waals surface area contributed by atoms with Crippen molar-refractivity contribution >= 4 is 45.6 Å². The molecule has 0 aliphatic carbocycles. The van der Waals surface area contributed by atoms with E-state index in [4.69, 9.17) is 32.7 Å². The minimum Gasteiger partial charge on any atom is -0.492 e. The lowest BCUT2D eigenvalue weighted by Crippen LogP contribution is -2.44. The Morgan fingerprint density at radius 3 is 2.87 bits per heavy atom. The van der Waals surface area contributed by atoms with Crippen LogP contribution in [-0.2, 0) is 24.4 Å². The molecule has 13 heteroatoms. The number of aromatic nitrogens is 4. The number of aryl methyl sites for hydroxylation is 1. The Morgan fingerprint density at radius 2 is 2.00 bits per heavy atom. The summed E-state index contributed by atoms with van der Waals surface area (Å²) in [6.45, 7) is 5.36. The zero-order valence-corrected chi connectivity index (χ0v) is 23.1. The summed E-state index contributed by atoms with van der Waals surface area (Å²) >= 11 is 14.5. The summed E-state index contributed by atoms with van der Waals surface area (Å²) in [5.74, 6) is 0.289. The van der Waals surface area contributed by atoms with Gasteiger partial charge in [-0.15, -0.1) is 5.10 Å². The Bertz CT molecular complexity index is 1300. The van der Waals surface area contributed by atoms with E-state index in [1.165, 1.54) is 12.8 Å². The summed E-state index contributed by atoms with van der Waals surface area (Å²) in [6, 6.07) is 4.87. The molecule has 38 heavy (non-hydrogen) atoms. The molecular formula is C25H29Cl2N7O3S. The number of amides is 1. The van der Waals surface area contributed by atoms with Gasteiger partial charge in [0.2, 0.25) is 0 Å².